The normalized spacial score (nSPS) is 15.9. The van der Waals surface area contributed by atoms with Crippen molar-refractivity contribution in [3.63, 3.8) is 0 Å². The molecule has 3 amide bonds. The van der Waals surface area contributed by atoms with Crippen molar-refractivity contribution in [3.8, 4) is 0 Å². The fraction of sp³-hybridized carbons (Fsp3) is 0.857. The Hall–Kier alpha value is -1.26. The number of rotatable bonds is 5. The van der Waals surface area contributed by atoms with Crippen LogP contribution in [0.3, 0.4) is 0 Å². The standard InChI is InChI=1S/C14H27N3O2/c1-4-17(5-2)13(18)11-16(3)14(19)15-12-9-7-6-8-10-12/h12H,4-11H2,1-3H3,(H,15,19). The van der Waals surface area contributed by atoms with Crippen LogP contribution in [0.1, 0.15) is 46.0 Å². The number of likely N-dealkylation sites (N-methyl/N-ethyl adjacent to an activating group) is 2. The Morgan fingerprint density at radius 1 is 1.11 bits per heavy atom. The number of amides is 3. The van der Waals surface area contributed by atoms with Crippen LogP contribution in [0, 0.1) is 0 Å². The van der Waals surface area contributed by atoms with E-state index in [2.05, 4.69) is 5.32 Å². The first kappa shape index (κ1) is 15.8. The average Bonchev–Trinajstić information content (AvgIpc) is 2.41. The van der Waals surface area contributed by atoms with Crippen molar-refractivity contribution in [2.24, 2.45) is 0 Å². The van der Waals surface area contributed by atoms with E-state index in [1.54, 1.807) is 11.9 Å². The van der Waals surface area contributed by atoms with Crippen LogP contribution in [0.5, 0.6) is 0 Å². The molecule has 0 radical (unpaired) electrons. The summed E-state index contributed by atoms with van der Waals surface area (Å²) in [5.74, 6) is 0.00583. The molecule has 1 aliphatic rings. The highest BCUT2D eigenvalue weighted by molar-refractivity contribution is 5.84. The van der Waals surface area contributed by atoms with E-state index in [9.17, 15) is 9.59 Å². The van der Waals surface area contributed by atoms with Gasteiger partial charge in [0.05, 0.1) is 0 Å². The molecule has 0 spiro atoms. The van der Waals surface area contributed by atoms with Gasteiger partial charge in [-0.2, -0.15) is 0 Å². The van der Waals surface area contributed by atoms with E-state index in [4.69, 9.17) is 0 Å². The Balaban J connectivity index is 2.37. The maximum atomic E-state index is 12.0. The summed E-state index contributed by atoms with van der Waals surface area (Å²) in [4.78, 5) is 27.1. The summed E-state index contributed by atoms with van der Waals surface area (Å²) in [6.07, 6.45) is 5.76. The van der Waals surface area contributed by atoms with E-state index in [0.29, 0.717) is 13.1 Å². The first-order valence-corrected chi connectivity index (χ1v) is 7.37. The molecule has 5 nitrogen and oxygen atoms in total. The number of nitrogens with one attached hydrogen (secondary N) is 1. The summed E-state index contributed by atoms with van der Waals surface area (Å²) in [7, 11) is 1.68. The summed E-state index contributed by atoms with van der Waals surface area (Å²) < 4.78 is 0. The molecule has 0 aromatic rings. The van der Waals surface area contributed by atoms with E-state index < -0.39 is 0 Å². The summed E-state index contributed by atoms with van der Waals surface area (Å²) in [6.45, 7) is 5.42. The first-order chi connectivity index (χ1) is 9.08. The predicted molar refractivity (Wildman–Crippen MR) is 76.0 cm³/mol. The fourth-order valence-corrected chi connectivity index (χ4v) is 2.48. The van der Waals surface area contributed by atoms with Gasteiger partial charge in [0.2, 0.25) is 5.91 Å². The minimum absolute atomic E-state index is 0.00583. The second-order valence-electron chi connectivity index (χ2n) is 5.21. The van der Waals surface area contributed by atoms with Gasteiger partial charge in [0.15, 0.2) is 0 Å². The monoisotopic (exact) mass is 269 g/mol. The van der Waals surface area contributed by atoms with Crippen molar-refractivity contribution in [1.82, 2.24) is 15.1 Å². The van der Waals surface area contributed by atoms with Crippen LogP contribution in [-0.4, -0.2) is 54.5 Å². The minimum atomic E-state index is -0.132. The fourth-order valence-electron chi connectivity index (χ4n) is 2.48. The lowest BCUT2D eigenvalue weighted by Crippen LogP contribution is -2.47. The highest BCUT2D eigenvalue weighted by Crippen LogP contribution is 2.17. The van der Waals surface area contributed by atoms with E-state index in [-0.39, 0.29) is 24.5 Å². The van der Waals surface area contributed by atoms with Crippen molar-refractivity contribution in [1.29, 1.82) is 0 Å². The Morgan fingerprint density at radius 2 is 1.68 bits per heavy atom. The lowest BCUT2D eigenvalue weighted by atomic mass is 9.96. The zero-order valence-corrected chi connectivity index (χ0v) is 12.4. The molecule has 0 atom stereocenters. The zero-order chi connectivity index (χ0) is 14.3. The van der Waals surface area contributed by atoms with Crippen LogP contribution in [0.25, 0.3) is 0 Å². The Kier molecular flexibility index (Phi) is 6.67. The van der Waals surface area contributed by atoms with Crippen molar-refractivity contribution in [2.45, 2.75) is 52.0 Å². The molecule has 1 rings (SSSR count). The third-order valence-corrected chi connectivity index (χ3v) is 3.77. The molecule has 0 heterocycles. The summed E-state index contributed by atoms with van der Waals surface area (Å²) >= 11 is 0. The maximum absolute atomic E-state index is 12.0. The molecular weight excluding hydrogens is 242 g/mol. The van der Waals surface area contributed by atoms with Gasteiger partial charge in [-0.05, 0) is 26.7 Å². The van der Waals surface area contributed by atoms with Gasteiger partial charge >= 0.3 is 6.03 Å². The van der Waals surface area contributed by atoms with Gasteiger partial charge in [-0.3, -0.25) is 4.79 Å². The van der Waals surface area contributed by atoms with Crippen LogP contribution in [0.15, 0.2) is 0 Å². The minimum Gasteiger partial charge on any atom is -0.342 e. The van der Waals surface area contributed by atoms with Gasteiger partial charge in [-0.25, -0.2) is 4.79 Å². The molecule has 0 saturated heterocycles. The summed E-state index contributed by atoms with van der Waals surface area (Å²) in [5.41, 5.74) is 0. The molecular formula is C14H27N3O2. The molecule has 0 unspecified atom stereocenters. The van der Waals surface area contributed by atoms with Crippen molar-refractivity contribution in [2.75, 3.05) is 26.7 Å². The van der Waals surface area contributed by atoms with Crippen LogP contribution in [-0.2, 0) is 4.79 Å². The highest BCUT2D eigenvalue weighted by atomic mass is 16.2. The van der Waals surface area contributed by atoms with Gasteiger partial charge in [0.1, 0.15) is 6.54 Å². The SMILES string of the molecule is CCN(CC)C(=O)CN(C)C(=O)NC1CCCCC1. The number of carbonyl (C=O) groups is 2. The molecule has 0 aromatic heterocycles. The third kappa shape index (κ3) is 5.09. The number of hydrogen-bond acceptors (Lipinski definition) is 2. The number of carbonyl (C=O) groups excluding carboxylic acids is 2. The van der Waals surface area contributed by atoms with Gasteiger partial charge in [-0.15, -0.1) is 0 Å². The first-order valence-electron chi connectivity index (χ1n) is 7.37. The Morgan fingerprint density at radius 3 is 2.21 bits per heavy atom. The molecule has 0 aliphatic heterocycles. The zero-order valence-electron chi connectivity index (χ0n) is 12.4. The van der Waals surface area contributed by atoms with E-state index in [1.165, 1.54) is 24.2 Å². The lowest BCUT2D eigenvalue weighted by Gasteiger charge is -2.27. The largest absolute Gasteiger partial charge is 0.342 e. The smallest absolute Gasteiger partial charge is 0.317 e. The second-order valence-corrected chi connectivity index (χ2v) is 5.21. The Bertz CT molecular complexity index is 297. The molecule has 1 N–H and O–H groups in total. The lowest BCUT2D eigenvalue weighted by molar-refractivity contribution is -0.131. The van der Waals surface area contributed by atoms with Crippen LogP contribution >= 0.6 is 0 Å². The molecule has 19 heavy (non-hydrogen) atoms. The third-order valence-electron chi connectivity index (χ3n) is 3.77. The predicted octanol–water partition coefficient (Wildman–Crippen LogP) is 1.83. The average molecular weight is 269 g/mol. The molecule has 0 bridgehead atoms. The molecule has 1 aliphatic carbocycles. The molecule has 0 aromatic carbocycles. The number of nitrogens with zero attached hydrogens (tertiary/aromatic N) is 2. The van der Waals surface area contributed by atoms with Crippen molar-refractivity contribution in [3.05, 3.63) is 0 Å². The number of hydrogen-bond donors (Lipinski definition) is 1. The van der Waals surface area contributed by atoms with Gasteiger partial charge in [0.25, 0.3) is 0 Å². The van der Waals surface area contributed by atoms with Crippen LogP contribution in [0.2, 0.25) is 0 Å². The van der Waals surface area contributed by atoms with Gasteiger partial charge < -0.3 is 15.1 Å². The van der Waals surface area contributed by atoms with E-state index >= 15 is 0 Å². The Labute approximate surface area is 116 Å². The molecule has 1 fully saturated rings. The van der Waals surface area contributed by atoms with E-state index in [0.717, 1.165) is 12.8 Å². The van der Waals surface area contributed by atoms with Gasteiger partial charge in [-0.1, -0.05) is 19.3 Å². The summed E-state index contributed by atoms with van der Waals surface area (Å²) in [6, 6.07) is 0.152. The summed E-state index contributed by atoms with van der Waals surface area (Å²) in [5, 5.41) is 3.02. The maximum Gasteiger partial charge on any atom is 0.317 e. The topological polar surface area (TPSA) is 52.7 Å². The highest BCUT2D eigenvalue weighted by Gasteiger charge is 2.20. The molecule has 110 valence electrons. The van der Waals surface area contributed by atoms with Crippen LogP contribution in [0.4, 0.5) is 4.79 Å². The quantitative estimate of drug-likeness (QED) is 0.828. The number of urea groups is 1. The van der Waals surface area contributed by atoms with Crippen LogP contribution < -0.4 is 5.32 Å². The van der Waals surface area contributed by atoms with Crippen molar-refractivity contribution < 1.29 is 9.59 Å². The van der Waals surface area contributed by atoms with Crippen molar-refractivity contribution >= 4 is 11.9 Å². The molecule has 1 saturated carbocycles. The molecule has 5 heteroatoms. The van der Waals surface area contributed by atoms with E-state index in [1.807, 2.05) is 13.8 Å². The second kappa shape index (κ2) is 8.02. The van der Waals surface area contributed by atoms with Gasteiger partial charge in [0, 0.05) is 26.2 Å².